The predicted molar refractivity (Wildman–Crippen MR) is 87.6 cm³/mol. The van der Waals surface area contributed by atoms with E-state index < -0.39 is 6.10 Å². The first-order chi connectivity index (χ1) is 10.5. The van der Waals surface area contributed by atoms with Crippen LogP contribution in [0.15, 0.2) is 36.5 Å². The number of pyridine rings is 1. The summed E-state index contributed by atoms with van der Waals surface area (Å²) in [5.74, 6) is 0.828. The lowest BCUT2D eigenvalue weighted by atomic mass is 10.0. The van der Waals surface area contributed by atoms with Gasteiger partial charge in [0.15, 0.2) is 0 Å². The number of ether oxygens (including phenoxy) is 1. The van der Waals surface area contributed by atoms with Gasteiger partial charge in [0.2, 0.25) is 0 Å². The average molecular weight is 317 g/mol. The third-order valence-electron chi connectivity index (χ3n) is 3.68. The highest BCUT2D eigenvalue weighted by atomic mass is 35.5. The van der Waals surface area contributed by atoms with Crippen molar-refractivity contribution in [1.82, 2.24) is 9.38 Å². The number of rotatable bonds is 3. The van der Waals surface area contributed by atoms with Crippen LogP contribution >= 0.6 is 11.6 Å². The zero-order chi connectivity index (χ0) is 15.9. The molecule has 3 rings (SSSR count). The minimum Gasteiger partial charge on any atom is -0.496 e. The summed E-state index contributed by atoms with van der Waals surface area (Å²) >= 11 is 6.07. The third kappa shape index (κ3) is 2.45. The van der Waals surface area contributed by atoms with Crippen LogP contribution in [0.3, 0.4) is 0 Å². The van der Waals surface area contributed by atoms with Crippen molar-refractivity contribution in [1.29, 1.82) is 0 Å². The van der Waals surface area contributed by atoms with E-state index in [1.54, 1.807) is 26.3 Å². The van der Waals surface area contributed by atoms with Crippen LogP contribution in [0.4, 0.5) is 0 Å². The van der Waals surface area contributed by atoms with E-state index in [-0.39, 0.29) is 0 Å². The summed E-state index contributed by atoms with van der Waals surface area (Å²) in [5, 5.41) is 10.8. The molecule has 0 saturated heterocycles. The number of benzene rings is 1. The van der Waals surface area contributed by atoms with Gasteiger partial charge in [-0.25, -0.2) is 4.98 Å². The van der Waals surface area contributed by atoms with Gasteiger partial charge in [-0.15, -0.1) is 0 Å². The molecule has 0 spiro atoms. The number of halogens is 1. The van der Waals surface area contributed by atoms with Crippen molar-refractivity contribution >= 4 is 17.2 Å². The Bertz CT molecular complexity index is 840. The van der Waals surface area contributed by atoms with E-state index >= 15 is 0 Å². The Morgan fingerprint density at radius 1 is 1.27 bits per heavy atom. The van der Waals surface area contributed by atoms with Crippen LogP contribution in [-0.4, -0.2) is 21.6 Å². The molecule has 1 unspecified atom stereocenters. The lowest BCUT2D eigenvalue weighted by molar-refractivity contribution is 0.194. The van der Waals surface area contributed by atoms with Crippen LogP contribution in [0.2, 0.25) is 5.02 Å². The highest BCUT2D eigenvalue weighted by Gasteiger charge is 2.18. The molecular weight excluding hydrogens is 300 g/mol. The molecule has 0 bridgehead atoms. The predicted octanol–water partition coefficient (Wildman–Crippen LogP) is 4.03. The van der Waals surface area contributed by atoms with Gasteiger partial charge in [0.25, 0.3) is 0 Å². The van der Waals surface area contributed by atoms with Crippen LogP contribution < -0.4 is 4.74 Å². The Morgan fingerprint density at radius 3 is 2.68 bits per heavy atom. The Morgan fingerprint density at radius 2 is 2.05 bits per heavy atom. The van der Waals surface area contributed by atoms with E-state index in [1.807, 2.05) is 35.6 Å². The molecule has 0 amide bonds. The molecule has 3 aromatic rings. The van der Waals surface area contributed by atoms with Crippen LogP contribution in [0.1, 0.15) is 24.3 Å². The number of hydrogen-bond donors (Lipinski definition) is 1. The van der Waals surface area contributed by atoms with Gasteiger partial charge in [0.05, 0.1) is 29.6 Å². The van der Waals surface area contributed by atoms with E-state index in [0.29, 0.717) is 5.02 Å². The van der Waals surface area contributed by atoms with Crippen LogP contribution in [-0.2, 0) is 0 Å². The van der Waals surface area contributed by atoms with Gasteiger partial charge < -0.3 is 9.84 Å². The van der Waals surface area contributed by atoms with E-state index in [4.69, 9.17) is 16.3 Å². The highest BCUT2D eigenvalue weighted by molar-refractivity contribution is 6.30. The number of methoxy groups -OCH3 is 1. The van der Waals surface area contributed by atoms with Crippen molar-refractivity contribution in [3.63, 3.8) is 0 Å². The summed E-state index contributed by atoms with van der Waals surface area (Å²) in [4.78, 5) is 4.65. The van der Waals surface area contributed by atoms with Crippen molar-refractivity contribution < 1.29 is 9.84 Å². The first-order valence-corrected chi connectivity index (χ1v) is 7.39. The molecule has 0 aliphatic heterocycles. The summed E-state index contributed by atoms with van der Waals surface area (Å²) in [6, 6.07) is 9.50. The number of imidazole rings is 1. The Balaban J connectivity index is 2.26. The molecule has 0 radical (unpaired) electrons. The lowest BCUT2D eigenvalue weighted by Gasteiger charge is -2.10. The summed E-state index contributed by atoms with van der Waals surface area (Å²) in [6.07, 6.45) is 1.11. The minimum atomic E-state index is -0.661. The molecule has 0 aliphatic rings. The maximum absolute atomic E-state index is 10.2. The Hall–Kier alpha value is -2.04. The van der Waals surface area contributed by atoms with E-state index in [9.17, 15) is 5.11 Å². The number of fused-ring (bicyclic) bond motifs is 1. The second-order valence-electron chi connectivity index (χ2n) is 5.28. The molecule has 22 heavy (non-hydrogen) atoms. The second kappa shape index (κ2) is 5.63. The molecule has 1 aromatic carbocycles. The largest absolute Gasteiger partial charge is 0.496 e. The maximum Gasteiger partial charge on any atom is 0.137 e. The topological polar surface area (TPSA) is 46.8 Å². The Labute approximate surface area is 133 Å². The normalized spacial score (nSPS) is 12.6. The summed E-state index contributed by atoms with van der Waals surface area (Å²) in [7, 11) is 1.65. The van der Waals surface area contributed by atoms with Gasteiger partial charge in [-0.1, -0.05) is 11.6 Å². The number of hydrogen-bond acceptors (Lipinski definition) is 3. The molecule has 5 heteroatoms. The molecule has 114 valence electrons. The molecule has 2 aromatic heterocycles. The molecule has 1 N–H and O–H groups in total. The van der Waals surface area contributed by atoms with Crippen molar-refractivity contribution in [3.8, 4) is 17.0 Å². The molecule has 0 fully saturated rings. The van der Waals surface area contributed by atoms with Crippen LogP contribution in [0.5, 0.6) is 5.75 Å². The zero-order valence-corrected chi connectivity index (χ0v) is 13.4. The number of nitrogens with zero attached hydrogens (tertiary/aromatic N) is 2. The first kappa shape index (κ1) is 14.9. The molecule has 4 nitrogen and oxygen atoms in total. The lowest BCUT2D eigenvalue weighted by Crippen LogP contribution is -1.99. The van der Waals surface area contributed by atoms with Crippen molar-refractivity contribution in [2.75, 3.05) is 7.11 Å². The maximum atomic E-state index is 10.2. The van der Waals surface area contributed by atoms with E-state index in [2.05, 4.69) is 4.98 Å². The highest BCUT2D eigenvalue weighted by Crippen LogP contribution is 2.32. The average Bonchev–Trinajstić information content (AvgIpc) is 2.85. The smallest absolute Gasteiger partial charge is 0.137 e. The number of aliphatic hydroxyl groups excluding tert-OH is 1. The number of aliphatic hydroxyl groups is 1. The van der Waals surface area contributed by atoms with Gasteiger partial charge >= 0.3 is 0 Å². The first-order valence-electron chi connectivity index (χ1n) is 7.02. The van der Waals surface area contributed by atoms with Crippen molar-refractivity contribution in [3.05, 3.63) is 52.8 Å². The standard InChI is InChI=1S/C17H17ClN2O2/c1-10-8-12(4-6-14(10)22-3)16-17(11(2)21)20-9-13(18)5-7-15(20)19-16/h4-9,11,21H,1-3H3. The molecule has 0 saturated carbocycles. The van der Waals surface area contributed by atoms with Crippen LogP contribution in [0, 0.1) is 6.92 Å². The summed E-state index contributed by atoms with van der Waals surface area (Å²) in [6.45, 7) is 3.71. The van der Waals surface area contributed by atoms with Gasteiger partial charge in [-0.05, 0) is 49.7 Å². The quantitative estimate of drug-likeness (QED) is 0.793. The van der Waals surface area contributed by atoms with Gasteiger partial charge in [0.1, 0.15) is 11.4 Å². The van der Waals surface area contributed by atoms with Gasteiger partial charge in [-0.2, -0.15) is 0 Å². The fraction of sp³-hybridized carbons (Fsp3) is 0.235. The monoisotopic (exact) mass is 316 g/mol. The third-order valence-corrected chi connectivity index (χ3v) is 3.91. The van der Waals surface area contributed by atoms with Crippen molar-refractivity contribution in [2.45, 2.75) is 20.0 Å². The minimum absolute atomic E-state index is 0.601. The zero-order valence-electron chi connectivity index (χ0n) is 12.7. The second-order valence-corrected chi connectivity index (χ2v) is 5.72. The fourth-order valence-corrected chi connectivity index (χ4v) is 2.83. The Kier molecular flexibility index (Phi) is 3.81. The van der Waals surface area contributed by atoms with Gasteiger partial charge in [0, 0.05) is 11.8 Å². The SMILES string of the molecule is COc1ccc(-c2nc3ccc(Cl)cn3c2C(C)O)cc1C. The number of aryl methyl sites for hydroxylation is 1. The number of aromatic nitrogens is 2. The van der Waals surface area contributed by atoms with E-state index in [1.165, 1.54) is 0 Å². The van der Waals surface area contributed by atoms with Gasteiger partial charge in [-0.3, -0.25) is 4.40 Å². The molecule has 0 aliphatic carbocycles. The van der Waals surface area contributed by atoms with Crippen molar-refractivity contribution in [2.24, 2.45) is 0 Å². The molecule has 2 heterocycles. The summed E-state index contributed by atoms with van der Waals surface area (Å²) < 4.78 is 7.13. The summed E-state index contributed by atoms with van der Waals surface area (Å²) in [5.41, 5.74) is 4.19. The van der Waals surface area contributed by atoms with Crippen LogP contribution in [0.25, 0.3) is 16.9 Å². The fourth-order valence-electron chi connectivity index (χ4n) is 2.67. The van der Waals surface area contributed by atoms with E-state index in [0.717, 1.165) is 33.9 Å². The molecular formula is C17H17ClN2O2. The molecule has 1 atom stereocenters.